The second-order valence-corrected chi connectivity index (χ2v) is 2.67. The number of terminal acetylenes is 1. The van der Waals surface area contributed by atoms with Gasteiger partial charge in [0.15, 0.2) is 0 Å². The lowest BCUT2D eigenvalue weighted by atomic mass is 10.5. The molecule has 1 radical (unpaired) electrons. The summed E-state index contributed by atoms with van der Waals surface area (Å²) in [5, 5.41) is 3.91. The van der Waals surface area contributed by atoms with Gasteiger partial charge in [-0.25, -0.2) is 0 Å². The van der Waals surface area contributed by atoms with Gasteiger partial charge in [-0.2, -0.15) is 5.10 Å². The Hall–Kier alpha value is -0.750. The first-order valence-corrected chi connectivity index (χ1v) is 3.59. The van der Waals surface area contributed by atoms with Crippen molar-refractivity contribution in [3.63, 3.8) is 0 Å². The Kier molecular flexibility index (Phi) is 2.13. The Morgan fingerprint density at radius 1 is 1.90 bits per heavy atom. The summed E-state index contributed by atoms with van der Waals surface area (Å²) in [4.78, 5) is 0. The van der Waals surface area contributed by atoms with Crippen LogP contribution in [0.1, 0.15) is 5.69 Å². The van der Waals surface area contributed by atoms with Crippen molar-refractivity contribution in [2.45, 2.75) is 13.5 Å². The largest absolute Gasteiger partial charge is 0.256 e. The van der Waals surface area contributed by atoms with E-state index in [1.54, 1.807) is 4.68 Å². The zero-order chi connectivity index (χ0) is 7.56. The van der Waals surface area contributed by atoms with E-state index < -0.39 is 0 Å². The highest BCUT2D eigenvalue weighted by Gasteiger charge is 2.00. The second kappa shape index (κ2) is 2.89. The fourth-order valence-electron chi connectivity index (χ4n) is 0.614. The Morgan fingerprint density at radius 2 is 2.60 bits per heavy atom. The normalized spacial score (nSPS) is 9.30. The fraction of sp³-hybridized carbons (Fsp3) is 0.286. The van der Waals surface area contributed by atoms with Crippen LogP contribution in [0.2, 0.25) is 0 Å². The fourth-order valence-corrected chi connectivity index (χ4v) is 0.898. The molecule has 0 saturated heterocycles. The molecule has 0 spiro atoms. The van der Waals surface area contributed by atoms with Gasteiger partial charge in [0.1, 0.15) is 12.7 Å². The first-order valence-electron chi connectivity index (χ1n) is 2.79. The van der Waals surface area contributed by atoms with Gasteiger partial charge in [0.25, 0.3) is 0 Å². The van der Waals surface area contributed by atoms with Crippen LogP contribution in [0.3, 0.4) is 0 Å². The van der Waals surface area contributed by atoms with Gasteiger partial charge in [-0.15, -0.1) is 6.42 Å². The molecule has 0 unspecified atom stereocenters. The Balaban J connectivity index is 2.96. The molecule has 0 aliphatic rings. The quantitative estimate of drug-likeness (QED) is 0.623. The highest BCUT2D eigenvalue weighted by molar-refractivity contribution is 9.10. The third-order valence-corrected chi connectivity index (χ3v) is 1.97. The lowest BCUT2D eigenvalue weighted by molar-refractivity contribution is 0.689. The van der Waals surface area contributed by atoms with Gasteiger partial charge in [-0.3, -0.25) is 4.68 Å². The Labute approximate surface area is 68.4 Å². The third-order valence-electron chi connectivity index (χ3n) is 1.21. The van der Waals surface area contributed by atoms with Crippen molar-refractivity contribution >= 4 is 15.9 Å². The molecule has 0 atom stereocenters. The van der Waals surface area contributed by atoms with Crippen LogP contribution in [0.5, 0.6) is 0 Å². The van der Waals surface area contributed by atoms with E-state index >= 15 is 0 Å². The van der Waals surface area contributed by atoms with Crippen molar-refractivity contribution in [1.29, 1.82) is 0 Å². The van der Waals surface area contributed by atoms with Crippen LogP contribution in [0.15, 0.2) is 4.47 Å². The number of hydrogen-bond acceptors (Lipinski definition) is 1. The lowest BCUT2D eigenvalue weighted by Gasteiger charge is -1.95. The van der Waals surface area contributed by atoms with Crippen LogP contribution in [-0.2, 0) is 6.54 Å². The highest BCUT2D eigenvalue weighted by atomic mass is 79.9. The number of rotatable bonds is 1. The highest BCUT2D eigenvalue weighted by Crippen LogP contribution is 2.12. The van der Waals surface area contributed by atoms with E-state index in [0.29, 0.717) is 6.54 Å². The topological polar surface area (TPSA) is 17.8 Å². The molecule has 1 heterocycles. The number of nitrogens with zero attached hydrogens (tertiary/aromatic N) is 2. The summed E-state index contributed by atoms with van der Waals surface area (Å²) < 4.78 is 2.59. The number of aromatic nitrogens is 2. The molecule has 0 aliphatic carbocycles. The zero-order valence-electron chi connectivity index (χ0n) is 5.56. The van der Waals surface area contributed by atoms with Crippen LogP contribution in [-0.4, -0.2) is 9.78 Å². The molecular weight excluding hydrogens is 192 g/mol. The van der Waals surface area contributed by atoms with Gasteiger partial charge >= 0.3 is 0 Å². The predicted octanol–water partition coefficient (Wildman–Crippen LogP) is 1.39. The maximum Gasteiger partial charge on any atom is 0.128 e. The minimum absolute atomic E-state index is 0.508. The molecule has 3 heteroatoms. The molecule has 0 amide bonds. The summed E-state index contributed by atoms with van der Waals surface area (Å²) in [6, 6.07) is 0. The average molecular weight is 198 g/mol. The van der Waals surface area contributed by atoms with Crippen molar-refractivity contribution in [1.82, 2.24) is 9.78 Å². The maximum absolute atomic E-state index is 5.10. The number of hydrogen-bond donors (Lipinski definition) is 0. The monoisotopic (exact) mass is 197 g/mol. The second-order valence-electron chi connectivity index (χ2n) is 1.87. The van der Waals surface area contributed by atoms with Crippen molar-refractivity contribution in [2.24, 2.45) is 0 Å². The van der Waals surface area contributed by atoms with E-state index in [1.165, 1.54) is 0 Å². The molecular formula is C7H6BrN2. The molecule has 0 N–H and O–H groups in total. The van der Waals surface area contributed by atoms with Crippen LogP contribution in [0.4, 0.5) is 0 Å². The molecule has 51 valence electrons. The van der Waals surface area contributed by atoms with Crippen molar-refractivity contribution in [3.05, 3.63) is 16.4 Å². The molecule has 1 aromatic rings. The molecule has 1 aromatic heterocycles. The first kappa shape index (κ1) is 7.36. The van der Waals surface area contributed by atoms with E-state index in [2.05, 4.69) is 33.1 Å². The van der Waals surface area contributed by atoms with Gasteiger partial charge in [-0.05, 0) is 22.9 Å². The van der Waals surface area contributed by atoms with Gasteiger partial charge in [-0.1, -0.05) is 5.92 Å². The molecule has 10 heavy (non-hydrogen) atoms. The maximum atomic E-state index is 5.10. The van der Waals surface area contributed by atoms with E-state index in [4.69, 9.17) is 6.42 Å². The van der Waals surface area contributed by atoms with Crippen LogP contribution < -0.4 is 0 Å². The first-order chi connectivity index (χ1) is 4.75. The standard InChI is InChI=1S/C7H6BrN2/c1-3-4-10-6(2)7(8)5-9-10/h1H,4H2,2H3. The van der Waals surface area contributed by atoms with Crippen LogP contribution in [0, 0.1) is 25.5 Å². The SMILES string of the molecule is C#CCn1n[c]c(Br)c1C. The molecule has 0 saturated carbocycles. The summed E-state index contributed by atoms with van der Waals surface area (Å²) in [5.74, 6) is 2.50. The van der Waals surface area contributed by atoms with Crippen LogP contribution in [0.25, 0.3) is 0 Å². The van der Waals surface area contributed by atoms with Gasteiger partial charge in [0.2, 0.25) is 0 Å². The molecule has 2 nitrogen and oxygen atoms in total. The smallest absolute Gasteiger partial charge is 0.128 e. The molecule has 1 rings (SSSR count). The summed E-state index contributed by atoms with van der Waals surface area (Å²) in [6.45, 7) is 2.44. The molecule has 0 aliphatic heterocycles. The Morgan fingerprint density at radius 3 is 3.00 bits per heavy atom. The predicted molar refractivity (Wildman–Crippen MR) is 42.3 cm³/mol. The van der Waals surface area contributed by atoms with Gasteiger partial charge in [0, 0.05) is 0 Å². The number of halogens is 1. The summed E-state index contributed by atoms with van der Waals surface area (Å²) in [6.07, 6.45) is 7.85. The molecule has 0 fully saturated rings. The molecule has 0 aromatic carbocycles. The van der Waals surface area contributed by atoms with E-state index in [-0.39, 0.29) is 0 Å². The van der Waals surface area contributed by atoms with E-state index in [1.807, 2.05) is 6.92 Å². The zero-order valence-corrected chi connectivity index (χ0v) is 7.14. The van der Waals surface area contributed by atoms with Crippen molar-refractivity contribution in [2.75, 3.05) is 0 Å². The average Bonchev–Trinajstić information content (AvgIpc) is 2.20. The van der Waals surface area contributed by atoms with E-state index in [0.717, 1.165) is 10.2 Å². The summed E-state index contributed by atoms with van der Waals surface area (Å²) in [7, 11) is 0. The van der Waals surface area contributed by atoms with E-state index in [9.17, 15) is 0 Å². The minimum atomic E-state index is 0.508. The van der Waals surface area contributed by atoms with Gasteiger partial charge in [0.05, 0.1) is 10.2 Å². The minimum Gasteiger partial charge on any atom is -0.256 e. The Bertz CT molecular complexity index is 270. The lowest BCUT2D eigenvalue weighted by Crippen LogP contribution is -1.99. The van der Waals surface area contributed by atoms with Crippen LogP contribution >= 0.6 is 15.9 Å². The van der Waals surface area contributed by atoms with Crippen molar-refractivity contribution < 1.29 is 0 Å². The summed E-state index contributed by atoms with van der Waals surface area (Å²) >= 11 is 3.28. The van der Waals surface area contributed by atoms with Crippen molar-refractivity contribution in [3.8, 4) is 12.3 Å². The third kappa shape index (κ3) is 1.22. The van der Waals surface area contributed by atoms with Gasteiger partial charge < -0.3 is 0 Å². The summed E-state index contributed by atoms with van der Waals surface area (Å²) in [5.41, 5.74) is 1.01. The molecule has 0 bridgehead atoms.